The molecule has 3 N–H and O–H groups in total. The van der Waals surface area contributed by atoms with Gasteiger partial charge < -0.3 is 16.0 Å². The number of alkyl halides is 3. The minimum atomic E-state index is -1.82. The highest BCUT2D eigenvalue weighted by Gasteiger charge is 2.36. The molecule has 0 radical (unpaired) electrons. The second-order valence-corrected chi connectivity index (χ2v) is 9.52. The fourth-order valence-corrected chi connectivity index (χ4v) is 2.28. The van der Waals surface area contributed by atoms with Crippen molar-refractivity contribution in [3.05, 3.63) is 28.2 Å². The molecule has 0 fully saturated rings. The first-order chi connectivity index (χ1) is 10.8. The molecule has 0 aliphatic heterocycles. The number of thiocarbonyl (C=S) groups is 1. The van der Waals surface area contributed by atoms with E-state index in [1.807, 2.05) is 0 Å². The predicted molar refractivity (Wildman–Crippen MR) is 107 cm³/mol. The van der Waals surface area contributed by atoms with Crippen LogP contribution < -0.4 is 16.0 Å². The lowest BCUT2D eigenvalue weighted by Crippen LogP contribution is -2.58. The molecule has 1 aromatic carbocycles. The first-order valence-corrected chi connectivity index (χ1v) is 9.01. The van der Waals surface area contributed by atoms with E-state index < -0.39 is 15.4 Å². The van der Waals surface area contributed by atoms with Gasteiger partial charge in [0.05, 0.1) is 10.0 Å². The molecule has 10 heteroatoms. The van der Waals surface area contributed by atoms with Crippen LogP contribution in [0.15, 0.2) is 18.2 Å². The summed E-state index contributed by atoms with van der Waals surface area (Å²) in [7, 11) is 0. The van der Waals surface area contributed by atoms with Gasteiger partial charge in [-0.1, -0.05) is 78.8 Å². The smallest absolute Gasteiger partial charge is 0.228 e. The van der Waals surface area contributed by atoms with Gasteiger partial charge in [0.2, 0.25) is 9.70 Å². The number of nitrogens with one attached hydrogen (secondary N) is 3. The van der Waals surface area contributed by atoms with Gasteiger partial charge in [-0.05, 0) is 30.4 Å². The lowest BCUT2D eigenvalue weighted by molar-refractivity contribution is -0.129. The summed E-state index contributed by atoms with van der Waals surface area (Å²) in [5.74, 6) is -0.302. The van der Waals surface area contributed by atoms with Crippen molar-refractivity contribution in [2.75, 3.05) is 5.32 Å². The normalized spacial score (nSPS) is 13.2. The Morgan fingerprint density at radius 2 is 1.67 bits per heavy atom. The second-order valence-electron chi connectivity index (χ2n) is 5.93. The molecule has 0 heterocycles. The number of carbonyl (C=O) groups excluding carboxylic acids is 1. The molecule has 1 atom stereocenters. The molecule has 0 saturated carbocycles. The third kappa shape index (κ3) is 6.98. The van der Waals surface area contributed by atoms with E-state index >= 15 is 0 Å². The Balaban J connectivity index is 2.81. The largest absolute Gasteiger partial charge is 0.339 e. The zero-order chi connectivity index (χ0) is 18.7. The molecule has 0 bridgehead atoms. The van der Waals surface area contributed by atoms with Crippen LogP contribution in [0.1, 0.15) is 20.8 Å². The maximum atomic E-state index is 12.1. The number of carbonyl (C=O) groups is 1. The highest BCUT2D eigenvalue weighted by Crippen LogP contribution is 2.30. The van der Waals surface area contributed by atoms with E-state index in [0.29, 0.717) is 15.7 Å². The summed E-state index contributed by atoms with van der Waals surface area (Å²) in [6.45, 7) is 5.22. The second kappa shape index (κ2) is 8.47. The molecule has 134 valence electrons. The van der Waals surface area contributed by atoms with Gasteiger partial charge in [-0.3, -0.25) is 4.79 Å². The molecular formula is C14H16Cl5N3OS. The minimum absolute atomic E-state index is 0.138. The van der Waals surface area contributed by atoms with Gasteiger partial charge >= 0.3 is 0 Å². The third-order valence-electron chi connectivity index (χ3n) is 2.74. The summed E-state index contributed by atoms with van der Waals surface area (Å²) in [5, 5.41) is 9.16. The van der Waals surface area contributed by atoms with Gasteiger partial charge in [0.1, 0.15) is 6.17 Å². The van der Waals surface area contributed by atoms with Crippen molar-refractivity contribution < 1.29 is 4.79 Å². The topological polar surface area (TPSA) is 53.2 Å². The van der Waals surface area contributed by atoms with Crippen molar-refractivity contribution >= 4 is 86.9 Å². The standard InChI is InChI=1S/C14H16Cl5N3OS/c1-13(2,3)11(23)21-10(14(17,18)19)22-12(24)20-7-4-5-8(15)9(16)6-7/h4-6,10H,1-3H3,(H,21,23)(H2,20,22,24). The predicted octanol–water partition coefficient (Wildman–Crippen LogP) is 5.14. The van der Waals surface area contributed by atoms with E-state index in [1.165, 1.54) is 0 Å². The summed E-state index contributed by atoms with van der Waals surface area (Å²) in [6, 6.07) is 4.89. The van der Waals surface area contributed by atoms with Crippen molar-refractivity contribution in [2.45, 2.75) is 30.7 Å². The summed E-state index contributed by atoms with van der Waals surface area (Å²) < 4.78 is -1.82. The molecule has 1 aromatic rings. The summed E-state index contributed by atoms with van der Waals surface area (Å²) in [4.78, 5) is 12.1. The molecule has 24 heavy (non-hydrogen) atoms. The van der Waals surface area contributed by atoms with Crippen LogP contribution in [0.4, 0.5) is 5.69 Å². The molecule has 0 aliphatic rings. The van der Waals surface area contributed by atoms with Crippen molar-refractivity contribution in [1.29, 1.82) is 0 Å². The van der Waals surface area contributed by atoms with Crippen molar-refractivity contribution in [1.82, 2.24) is 10.6 Å². The van der Waals surface area contributed by atoms with E-state index in [2.05, 4.69) is 16.0 Å². The molecular weight excluding hydrogens is 436 g/mol. The number of rotatable bonds is 3. The molecule has 1 rings (SSSR count). The van der Waals surface area contributed by atoms with E-state index in [-0.39, 0.29) is 11.0 Å². The first-order valence-electron chi connectivity index (χ1n) is 6.71. The number of benzene rings is 1. The maximum absolute atomic E-state index is 12.1. The van der Waals surface area contributed by atoms with Crippen molar-refractivity contribution in [2.24, 2.45) is 5.41 Å². The monoisotopic (exact) mass is 449 g/mol. The minimum Gasteiger partial charge on any atom is -0.339 e. The van der Waals surface area contributed by atoms with E-state index in [9.17, 15) is 4.79 Å². The number of hydrogen-bond acceptors (Lipinski definition) is 2. The Morgan fingerprint density at radius 3 is 2.12 bits per heavy atom. The van der Waals surface area contributed by atoms with Gasteiger partial charge in [0.15, 0.2) is 5.11 Å². The SMILES string of the molecule is CC(C)(C)C(=O)NC(NC(=S)Nc1ccc(Cl)c(Cl)c1)C(Cl)(Cl)Cl. The zero-order valence-electron chi connectivity index (χ0n) is 13.0. The average molecular weight is 452 g/mol. The van der Waals surface area contributed by atoms with Crippen LogP contribution in [0.25, 0.3) is 0 Å². The van der Waals surface area contributed by atoms with Crippen LogP contribution >= 0.6 is 70.2 Å². The third-order valence-corrected chi connectivity index (χ3v) is 4.35. The van der Waals surface area contributed by atoms with E-state index in [4.69, 9.17) is 70.2 Å². The molecule has 0 aliphatic carbocycles. The van der Waals surface area contributed by atoms with Gasteiger partial charge in [0.25, 0.3) is 0 Å². The summed E-state index contributed by atoms with van der Waals surface area (Å²) in [5.41, 5.74) is -0.0682. The number of amides is 1. The van der Waals surface area contributed by atoms with Crippen LogP contribution in [0, 0.1) is 5.41 Å². The molecule has 0 saturated heterocycles. The highest BCUT2D eigenvalue weighted by molar-refractivity contribution is 7.80. The lowest BCUT2D eigenvalue weighted by Gasteiger charge is -2.30. The molecule has 4 nitrogen and oxygen atoms in total. The Kier molecular flexibility index (Phi) is 7.72. The fourth-order valence-electron chi connectivity index (χ4n) is 1.42. The molecule has 1 amide bonds. The van der Waals surface area contributed by atoms with Crippen LogP contribution in [-0.4, -0.2) is 21.0 Å². The summed E-state index contributed by atoms with van der Waals surface area (Å²) >= 11 is 34.7. The van der Waals surface area contributed by atoms with Crippen LogP contribution in [-0.2, 0) is 4.79 Å². The number of halogens is 5. The first kappa shape index (κ1) is 21.9. The molecule has 0 aromatic heterocycles. The Bertz CT molecular complexity index is 628. The number of hydrogen-bond donors (Lipinski definition) is 3. The average Bonchev–Trinajstić information content (AvgIpc) is 2.40. The highest BCUT2D eigenvalue weighted by atomic mass is 35.6. The Labute approximate surface area is 171 Å². The Hall–Kier alpha value is -0.170. The van der Waals surface area contributed by atoms with Gasteiger partial charge in [-0.15, -0.1) is 0 Å². The molecule has 0 spiro atoms. The summed E-state index contributed by atoms with van der Waals surface area (Å²) in [6.07, 6.45) is -1.03. The van der Waals surface area contributed by atoms with Gasteiger partial charge in [-0.2, -0.15) is 0 Å². The Morgan fingerprint density at radius 1 is 1.08 bits per heavy atom. The lowest BCUT2D eigenvalue weighted by atomic mass is 9.95. The van der Waals surface area contributed by atoms with Crippen LogP contribution in [0.2, 0.25) is 10.0 Å². The van der Waals surface area contributed by atoms with Crippen LogP contribution in [0.5, 0.6) is 0 Å². The maximum Gasteiger partial charge on any atom is 0.228 e. The van der Waals surface area contributed by atoms with Crippen molar-refractivity contribution in [3.8, 4) is 0 Å². The van der Waals surface area contributed by atoms with E-state index in [0.717, 1.165) is 0 Å². The number of anilines is 1. The van der Waals surface area contributed by atoms with Crippen LogP contribution in [0.3, 0.4) is 0 Å². The molecule has 1 unspecified atom stereocenters. The fraction of sp³-hybridized carbons (Fsp3) is 0.429. The van der Waals surface area contributed by atoms with Gasteiger partial charge in [-0.25, -0.2) is 0 Å². The quantitative estimate of drug-likeness (QED) is 0.338. The zero-order valence-corrected chi connectivity index (χ0v) is 17.6. The van der Waals surface area contributed by atoms with Gasteiger partial charge in [0, 0.05) is 11.1 Å². The van der Waals surface area contributed by atoms with Crippen molar-refractivity contribution in [3.63, 3.8) is 0 Å². The van der Waals surface area contributed by atoms with E-state index in [1.54, 1.807) is 39.0 Å².